The third-order valence-corrected chi connectivity index (χ3v) is 4.07. The number of hydrogen-bond donors (Lipinski definition) is 1. The van der Waals surface area contributed by atoms with Gasteiger partial charge in [0.1, 0.15) is 0 Å². The predicted octanol–water partition coefficient (Wildman–Crippen LogP) is 3.10. The molecule has 19 heavy (non-hydrogen) atoms. The minimum absolute atomic E-state index is 0.114. The normalized spacial score (nSPS) is 18.5. The van der Waals surface area contributed by atoms with Crippen molar-refractivity contribution in [1.29, 1.82) is 0 Å². The molecule has 1 heterocycles. The van der Waals surface area contributed by atoms with E-state index in [1.807, 2.05) is 12.1 Å². The van der Waals surface area contributed by atoms with Gasteiger partial charge in [-0.05, 0) is 23.6 Å². The molecule has 0 radical (unpaired) electrons. The van der Waals surface area contributed by atoms with Crippen LogP contribution in [0, 0.1) is 5.41 Å². The van der Waals surface area contributed by atoms with E-state index in [4.69, 9.17) is 4.74 Å². The number of ether oxygens (including phenoxy) is 1. The first-order chi connectivity index (χ1) is 8.98. The summed E-state index contributed by atoms with van der Waals surface area (Å²) in [6.45, 7) is 6.41. The first-order valence-electron chi connectivity index (χ1n) is 6.58. The largest absolute Gasteiger partial charge is 0.380 e. The molecule has 0 spiro atoms. The average Bonchev–Trinajstić information content (AvgIpc) is 2.35. The molecule has 0 aromatic heterocycles. The number of amides is 1. The van der Waals surface area contributed by atoms with Crippen LogP contribution >= 0.6 is 15.9 Å². The Kier molecular flexibility index (Phi) is 4.63. The van der Waals surface area contributed by atoms with Crippen molar-refractivity contribution in [1.82, 2.24) is 5.32 Å². The summed E-state index contributed by atoms with van der Waals surface area (Å²) in [5.74, 6) is 0.349. The van der Waals surface area contributed by atoms with Crippen LogP contribution in [0.4, 0.5) is 0 Å². The summed E-state index contributed by atoms with van der Waals surface area (Å²) in [5.41, 5.74) is 1.33. The number of rotatable bonds is 5. The van der Waals surface area contributed by atoms with Gasteiger partial charge in [-0.1, -0.05) is 41.9 Å². The summed E-state index contributed by atoms with van der Waals surface area (Å²) < 4.78 is 6.24. The van der Waals surface area contributed by atoms with Crippen LogP contribution in [0.3, 0.4) is 0 Å². The number of hydrogen-bond acceptors (Lipinski definition) is 2. The summed E-state index contributed by atoms with van der Waals surface area (Å²) in [6, 6.07) is 8.14. The van der Waals surface area contributed by atoms with E-state index < -0.39 is 0 Å². The van der Waals surface area contributed by atoms with Crippen LogP contribution in [0.2, 0.25) is 0 Å². The van der Waals surface area contributed by atoms with Crippen molar-refractivity contribution in [3.05, 3.63) is 34.3 Å². The van der Waals surface area contributed by atoms with E-state index in [9.17, 15) is 4.79 Å². The SMILES string of the molecule is CC(CC(=O)NCC1(C)COC1)c1ccc(Br)cc1. The molecule has 0 bridgehead atoms. The molecular formula is C15H20BrNO2. The summed E-state index contributed by atoms with van der Waals surface area (Å²) >= 11 is 3.42. The van der Waals surface area contributed by atoms with Crippen molar-refractivity contribution in [2.75, 3.05) is 19.8 Å². The van der Waals surface area contributed by atoms with Gasteiger partial charge in [-0.15, -0.1) is 0 Å². The fraction of sp³-hybridized carbons (Fsp3) is 0.533. The molecule has 1 saturated heterocycles. The molecule has 1 aromatic rings. The maximum atomic E-state index is 11.9. The van der Waals surface area contributed by atoms with Gasteiger partial charge in [-0.3, -0.25) is 4.79 Å². The number of carbonyl (C=O) groups is 1. The van der Waals surface area contributed by atoms with Gasteiger partial charge in [0.2, 0.25) is 5.91 Å². The molecule has 3 nitrogen and oxygen atoms in total. The van der Waals surface area contributed by atoms with E-state index in [0.29, 0.717) is 13.0 Å². The zero-order valence-corrected chi connectivity index (χ0v) is 13.0. The Morgan fingerprint density at radius 3 is 2.58 bits per heavy atom. The van der Waals surface area contributed by atoms with E-state index in [1.54, 1.807) is 0 Å². The van der Waals surface area contributed by atoms with Crippen molar-refractivity contribution < 1.29 is 9.53 Å². The molecule has 2 rings (SSSR count). The molecule has 0 aliphatic carbocycles. The smallest absolute Gasteiger partial charge is 0.220 e. The summed E-state index contributed by atoms with van der Waals surface area (Å²) in [4.78, 5) is 11.9. The number of halogens is 1. The van der Waals surface area contributed by atoms with Crippen LogP contribution in [-0.2, 0) is 9.53 Å². The van der Waals surface area contributed by atoms with Gasteiger partial charge in [0, 0.05) is 22.9 Å². The first kappa shape index (κ1) is 14.5. The lowest BCUT2D eigenvalue weighted by molar-refractivity contribution is -0.127. The minimum Gasteiger partial charge on any atom is -0.380 e. The van der Waals surface area contributed by atoms with Crippen molar-refractivity contribution in [3.63, 3.8) is 0 Å². The topological polar surface area (TPSA) is 38.3 Å². The fourth-order valence-corrected chi connectivity index (χ4v) is 2.39. The highest BCUT2D eigenvalue weighted by atomic mass is 79.9. The molecule has 1 unspecified atom stereocenters. The second-order valence-electron chi connectivity index (χ2n) is 5.74. The number of nitrogens with one attached hydrogen (secondary N) is 1. The third-order valence-electron chi connectivity index (χ3n) is 3.54. The molecule has 1 aliphatic rings. The standard InChI is InChI=1S/C15H20BrNO2/c1-11(12-3-5-13(16)6-4-12)7-14(18)17-8-15(2)9-19-10-15/h3-6,11H,7-10H2,1-2H3,(H,17,18). The van der Waals surface area contributed by atoms with Gasteiger partial charge in [0.15, 0.2) is 0 Å². The van der Waals surface area contributed by atoms with Gasteiger partial charge in [-0.25, -0.2) is 0 Å². The van der Waals surface area contributed by atoms with Crippen LogP contribution in [0.25, 0.3) is 0 Å². The quantitative estimate of drug-likeness (QED) is 0.903. The fourth-order valence-electron chi connectivity index (χ4n) is 2.12. The lowest BCUT2D eigenvalue weighted by atomic mass is 9.88. The highest BCUT2D eigenvalue weighted by Gasteiger charge is 2.33. The van der Waals surface area contributed by atoms with Crippen molar-refractivity contribution in [2.45, 2.75) is 26.2 Å². The van der Waals surface area contributed by atoms with Gasteiger partial charge >= 0.3 is 0 Å². The maximum Gasteiger partial charge on any atom is 0.220 e. The van der Waals surface area contributed by atoms with Crippen LogP contribution in [0.1, 0.15) is 31.7 Å². The second-order valence-corrected chi connectivity index (χ2v) is 6.65. The van der Waals surface area contributed by atoms with Crippen LogP contribution < -0.4 is 5.32 Å². The Labute approximate surface area is 122 Å². The molecule has 1 atom stereocenters. The Bertz CT molecular complexity index is 440. The third kappa shape index (κ3) is 4.05. The lowest BCUT2D eigenvalue weighted by Gasteiger charge is -2.38. The summed E-state index contributed by atoms with van der Waals surface area (Å²) in [7, 11) is 0. The molecule has 1 amide bonds. The van der Waals surface area contributed by atoms with E-state index in [1.165, 1.54) is 5.56 Å². The second kappa shape index (κ2) is 6.06. The number of benzene rings is 1. The lowest BCUT2D eigenvalue weighted by Crippen LogP contribution is -2.48. The minimum atomic E-state index is 0.114. The zero-order chi connectivity index (χ0) is 13.9. The molecule has 4 heteroatoms. The zero-order valence-electron chi connectivity index (χ0n) is 11.4. The van der Waals surface area contributed by atoms with Crippen LogP contribution in [-0.4, -0.2) is 25.7 Å². The molecular weight excluding hydrogens is 306 g/mol. The van der Waals surface area contributed by atoms with E-state index in [2.05, 4.69) is 47.2 Å². The summed E-state index contributed by atoms with van der Waals surface area (Å²) in [5, 5.41) is 3.01. The van der Waals surface area contributed by atoms with Gasteiger partial charge in [0.05, 0.1) is 13.2 Å². The molecule has 0 saturated carbocycles. The Morgan fingerprint density at radius 1 is 1.42 bits per heavy atom. The van der Waals surface area contributed by atoms with Gasteiger partial charge in [-0.2, -0.15) is 0 Å². The first-order valence-corrected chi connectivity index (χ1v) is 7.38. The van der Waals surface area contributed by atoms with Crippen molar-refractivity contribution in [3.8, 4) is 0 Å². The molecule has 1 aromatic carbocycles. The number of carbonyl (C=O) groups excluding carboxylic acids is 1. The summed E-state index contributed by atoms with van der Waals surface area (Å²) in [6.07, 6.45) is 0.526. The van der Waals surface area contributed by atoms with Crippen LogP contribution in [0.15, 0.2) is 28.7 Å². The van der Waals surface area contributed by atoms with Crippen molar-refractivity contribution >= 4 is 21.8 Å². The maximum absolute atomic E-state index is 11.9. The Hall–Kier alpha value is -0.870. The van der Waals surface area contributed by atoms with Crippen molar-refractivity contribution in [2.24, 2.45) is 5.41 Å². The van der Waals surface area contributed by atoms with Crippen LogP contribution in [0.5, 0.6) is 0 Å². The van der Waals surface area contributed by atoms with E-state index in [0.717, 1.165) is 17.7 Å². The molecule has 1 fully saturated rings. The molecule has 104 valence electrons. The van der Waals surface area contributed by atoms with E-state index in [-0.39, 0.29) is 17.2 Å². The predicted molar refractivity (Wildman–Crippen MR) is 79.1 cm³/mol. The highest BCUT2D eigenvalue weighted by Crippen LogP contribution is 2.25. The Balaban J connectivity index is 1.79. The van der Waals surface area contributed by atoms with Gasteiger partial charge in [0.25, 0.3) is 0 Å². The molecule has 1 aliphatic heterocycles. The average molecular weight is 326 g/mol. The highest BCUT2D eigenvalue weighted by molar-refractivity contribution is 9.10. The monoisotopic (exact) mass is 325 g/mol. The van der Waals surface area contributed by atoms with E-state index >= 15 is 0 Å². The van der Waals surface area contributed by atoms with Gasteiger partial charge < -0.3 is 10.1 Å². The Morgan fingerprint density at radius 2 is 2.05 bits per heavy atom. The molecule has 1 N–H and O–H groups in total.